The maximum atomic E-state index is 10.3. The van der Waals surface area contributed by atoms with Gasteiger partial charge in [0.15, 0.2) is 5.13 Å². The number of rotatable bonds is 3. The summed E-state index contributed by atoms with van der Waals surface area (Å²) in [6.45, 7) is 1.77. The Morgan fingerprint density at radius 1 is 1.92 bits per heavy atom. The molecule has 0 bridgehead atoms. The minimum Gasteiger partial charge on any atom is -0.348 e. The molecule has 68 valence electrons. The maximum Gasteiger partial charge on any atom is 0.345 e. The zero-order chi connectivity index (χ0) is 9.84. The quantitative estimate of drug-likeness (QED) is 0.452. The first-order valence-electron chi connectivity index (χ1n) is 3.46. The highest BCUT2D eigenvalue weighted by Crippen LogP contribution is 2.25. The fraction of sp³-hybridized carbons (Fsp3) is 0.286. The van der Waals surface area contributed by atoms with Crippen molar-refractivity contribution in [2.75, 3.05) is 5.32 Å². The van der Waals surface area contributed by atoms with Gasteiger partial charge in [-0.25, -0.2) is 4.98 Å². The number of nitrogens with one attached hydrogen (secondary N) is 1. The second-order valence-electron chi connectivity index (χ2n) is 2.29. The lowest BCUT2D eigenvalue weighted by atomic mass is 10.4. The first kappa shape index (κ1) is 9.48. The van der Waals surface area contributed by atoms with Crippen molar-refractivity contribution < 1.29 is 4.92 Å². The molecule has 1 rings (SSSR count). The van der Waals surface area contributed by atoms with E-state index in [2.05, 4.69) is 16.2 Å². The van der Waals surface area contributed by atoms with E-state index in [9.17, 15) is 10.1 Å². The molecule has 0 radical (unpaired) electrons. The Morgan fingerprint density at radius 2 is 2.62 bits per heavy atom. The molecule has 1 unspecified atom stereocenters. The first-order valence-corrected chi connectivity index (χ1v) is 4.28. The second kappa shape index (κ2) is 3.87. The van der Waals surface area contributed by atoms with E-state index in [-0.39, 0.29) is 11.0 Å². The first-order chi connectivity index (χ1) is 6.13. The van der Waals surface area contributed by atoms with Crippen LogP contribution < -0.4 is 5.32 Å². The summed E-state index contributed by atoms with van der Waals surface area (Å²) in [4.78, 5) is 13.6. The number of nitro groups is 1. The van der Waals surface area contributed by atoms with Crippen LogP contribution >= 0.6 is 11.3 Å². The average molecular weight is 197 g/mol. The van der Waals surface area contributed by atoms with Gasteiger partial charge in [-0.3, -0.25) is 10.1 Å². The van der Waals surface area contributed by atoms with E-state index in [0.29, 0.717) is 5.13 Å². The molecule has 0 amide bonds. The van der Waals surface area contributed by atoms with Crippen molar-refractivity contribution in [1.29, 1.82) is 0 Å². The molecule has 5 nitrogen and oxygen atoms in total. The molecule has 0 fully saturated rings. The molecule has 0 aliphatic rings. The molecular weight excluding hydrogens is 190 g/mol. The van der Waals surface area contributed by atoms with Crippen LogP contribution in [0.4, 0.5) is 10.1 Å². The van der Waals surface area contributed by atoms with Gasteiger partial charge in [-0.05, 0) is 18.3 Å². The highest BCUT2D eigenvalue weighted by Gasteiger charge is 2.11. The van der Waals surface area contributed by atoms with Crippen LogP contribution in [0.5, 0.6) is 0 Å². The fourth-order valence-corrected chi connectivity index (χ4v) is 1.36. The van der Waals surface area contributed by atoms with E-state index in [4.69, 9.17) is 6.42 Å². The summed E-state index contributed by atoms with van der Waals surface area (Å²) in [5, 5.41) is 13.6. The van der Waals surface area contributed by atoms with Gasteiger partial charge >= 0.3 is 5.00 Å². The summed E-state index contributed by atoms with van der Waals surface area (Å²) in [6, 6.07) is -0.175. The molecule has 0 spiro atoms. The fourth-order valence-electron chi connectivity index (χ4n) is 0.644. The lowest BCUT2D eigenvalue weighted by molar-refractivity contribution is -0.380. The Labute approximate surface area is 79.0 Å². The molecule has 0 aliphatic heterocycles. The highest BCUT2D eigenvalue weighted by atomic mass is 32.1. The predicted octanol–water partition coefficient (Wildman–Crippen LogP) is 1.48. The Hall–Kier alpha value is -1.61. The van der Waals surface area contributed by atoms with Crippen LogP contribution in [0.15, 0.2) is 6.20 Å². The number of anilines is 1. The molecule has 1 heterocycles. The SMILES string of the molecule is C#CC(C)Nc1ncc([N+](=O)[O-])s1. The van der Waals surface area contributed by atoms with E-state index in [1.54, 1.807) is 6.92 Å². The minimum absolute atomic E-state index is 0.00622. The summed E-state index contributed by atoms with van der Waals surface area (Å²) >= 11 is 0.968. The van der Waals surface area contributed by atoms with Gasteiger partial charge in [0.05, 0.1) is 11.0 Å². The molecule has 1 aromatic rings. The van der Waals surface area contributed by atoms with Crippen LogP contribution in [0.3, 0.4) is 0 Å². The zero-order valence-corrected chi connectivity index (χ0v) is 7.67. The van der Waals surface area contributed by atoms with E-state index in [1.165, 1.54) is 6.20 Å². The van der Waals surface area contributed by atoms with Crippen LogP contribution in [0.25, 0.3) is 0 Å². The number of nitrogens with zero attached hydrogens (tertiary/aromatic N) is 2. The van der Waals surface area contributed by atoms with Crippen LogP contribution in [-0.2, 0) is 0 Å². The normalized spacial score (nSPS) is 11.7. The predicted molar refractivity (Wildman–Crippen MR) is 50.7 cm³/mol. The number of hydrogen-bond donors (Lipinski definition) is 1. The third kappa shape index (κ3) is 2.42. The smallest absolute Gasteiger partial charge is 0.345 e. The Morgan fingerprint density at radius 3 is 3.08 bits per heavy atom. The molecule has 0 saturated carbocycles. The zero-order valence-electron chi connectivity index (χ0n) is 6.85. The van der Waals surface area contributed by atoms with Crippen molar-refractivity contribution >= 4 is 21.5 Å². The van der Waals surface area contributed by atoms with Gasteiger partial charge < -0.3 is 5.32 Å². The molecule has 0 aromatic carbocycles. The van der Waals surface area contributed by atoms with Crippen LogP contribution in [-0.4, -0.2) is 15.9 Å². The number of terminal acetylenes is 1. The van der Waals surface area contributed by atoms with E-state index in [1.807, 2.05) is 0 Å². The highest BCUT2D eigenvalue weighted by molar-refractivity contribution is 7.18. The Balaban J connectivity index is 2.70. The van der Waals surface area contributed by atoms with Crippen molar-refractivity contribution in [3.63, 3.8) is 0 Å². The second-order valence-corrected chi connectivity index (χ2v) is 3.30. The summed E-state index contributed by atoms with van der Waals surface area (Å²) in [6.07, 6.45) is 6.32. The monoisotopic (exact) mass is 197 g/mol. The summed E-state index contributed by atoms with van der Waals surface area (Å²) in [7, 11) is 0. The molecule has 6 heteroatoms. The van der Waals surface area contributed by atoms with E-state index in [0.717, 1.165) is 11.3 Å². The van der Waals surface area contributed by atoms with Gasteiger partial charge in [-0.2, -0.15) is 0 Å². The topological polar surface area (TPSA) is 68.1 Å². The Kier molecular flexibility index (Phi) is 2.82. The van der Waals surface area contributed by atoms with Crippen molar-refractivity contribution in [2.24, 2.45) is 0 Å². The largest absolute Gasteiger partial charge is 0.348 e. The van der Waals surface area contributed by atoms with E-state index >= 15 is 0 Å². The van der Waals surface area contributed by atoms with Gasteiger partial charge in [0.25, 0.3) is 0 Å². The van der Waals surface area contributed by atoms with Gasteiger partial charge in [-0.15, -0.1) is 6.42 Å². The number of aromatic nitrogens is 1. The number of thiazole rings is 1. The van der Waals surface area contributed by atoms with Crippen LogP contribution in [0.1, 0.15) is 6.92 Å². The van der Waals surface area contributed by atoms with Crippen molar-refractivity contribution in [3.8, 4) is 12.3 Å². The Bertz CT molecular complexity index is 355. The molecule has 0 aliphatic carbocycles. The maximum absolute atomic E-state index is 10.3. The van der Waals surface area contributed by atoms with Crippen LogP contribution in [0.2, 0.25) is 0 Å². The van der Waals surface area contributed by atoms with Gasteiger partial charge in [0, 0.05) is 0 Å². The molecular formula is C7H7N3O2S. The van der Waals surface area contributed by atoms with Gasteiger partial charge in [-0.1, -0.05) is 5.92 Å². The minimum atomic E-state index is -0.483. The standard InChI is InChI=1S/C7H7N3O2S/c1-3-5(2)9-7-8-4-6(13-7)10(11)12/h1,4-5H,2H3,(H,8,9). The lowest BCUT2D eigenvalue weighted by Crippen LogP contribution is -2.11. The lowest BCUT2D eigenvalue weighted by Gasteiger charge is -2.02. The molecule has 13 heavy (non-hydrogen) atoms. The van der Waals surface area contributed by atoms with Gasteiger partial charge in [0.2, 0.25) is 0 Å². The average Bonchev–Trinajstić information content (AvgIpc) is 2.52. The van der Waals surface area contributed by atoms with Gasteiger partial charge in [0.1, 0.15) is 6.20 Å². The molecule has 1 atom stereocenters. The molecule has 1 aromatic heterocycles. The summed E-state index contributed by atoms with van der Waals surface area (Å²) < 4.78 is 0. The third-order valence-electron chi connectivity index (χ3n) is 1.26. The van der Waals surface area contributed by atoms with Crippen molar-refractivity contribution in [3.05, 3.63) is 16.3 Å². The number of hydrogen-bond acceptors (Lipinski definition) is 5. The molecule has 0 saturated heterocycles. The van der Waals surface area contributed by atoms with Crippen LogP contribution in [0, 0.1) is 22.5 Å². The molecule has 1 N–H and O–H groups in total. The summed E-state index contributed by atoms with van der Waals surface area (Å²) in [5.74, 6) is 2.44. The van der Waals surface area contributed by atoms with E-state index < -0.39 is 4.92 Å². The van der Waals surface area contributed by atoms with Crippen molar-refractivity contribution in [1.82, 2.24) is 4.98 Å². The van der Waals surface area contributed by atoms with Crippen molar-refractivity contribution in [2.45, 2.75) is 13.0 Å². The summed E-state index contributed by atoms with van der Waals surface area (Å²) in [5.41, 5.74) is 0. The third-order valence-corrected chi connectivity index (χ3v) is 2.14.